The third-order valence-corrected chi connectivity index (χ3v) is 5.77. The van der Waals surface area contributed by atoms with Crippen LogP contribution in [0.25, 0.3) is 11.1 Å². The van der Waals surface area contributed by atoms with Crippen molar-refractivity contribution in [1.29, 1.82) is 0 Å². The average Bonchev–Trinajstić information content (AvgIpc) is 3.15. The minimum Gasteiger partial charge on any atom is -0.457 e. The van der Waals surface area contributed by atoms with Crippen LogP contribution in [-0.4, -0.2) is 29.6 Å². The molecule has 2 fully saturated rings. The molecule has 3 aromatic rings. The second kappa shape index (κ2) is 8.27. The van der Waals surface area contributed by atoms with Gasteiger partial charge in [-0.15, -0.1) is 12.4 Å². The van der Waals surface area contributed by atoms with Crippen LogP contribution in [0.1, 0.15) is 0 Å². The number of anilines is 2. The molecule has 1 aliphatic heterocycles. The lowest BCUT2D eigenvalue weighted by molar-refractivity contribution is 0.483. The Bertz CT molecular complexity index is 957. The van der Waals surface area contributed by atoms with Gasteiger partial charge in [0.1, 0.15) is 29.5 Å². The molecular formula is C22H24ClN5O. The van der Waals surface area contributed by atoms with Gasteiger partial charge in [0.15, 0.2) is 0 Å². The van der Waals surface area contributed by atoms with Crippen molar-refractivity contribution in [2.45, 2.75) is 0 Å². The highest BCUT2D eigenvalue weighted by molar-refractivity contribution is 5.85. The number of para-hydroxylation sites is 1. The molecule has 2 heterocycles. The largest absolute Gasteiger partial charge is 0.457 e. The molecule has 4 N–H and O–H groups in total. The van der Waals surface area contributed by atoms with Crippen LogP contribution in [0.3, 0.4) is 0 Å². The van der Waals surface area contributed by atoms with Gasteiger partial charge in [0, 0.05) is 6.54 Å². The number of halogens is 1. The van der Waals surface area contributed by atoms with E-state index in [4.69, 9.17) is 10.5 Å². The summed E-state index contributed by atoms with van der Waals surface area (Å²) in [5.74, 6) is 5.21. The predicted octanol–water partition coefficient (Wildman–Crippen LogP) is 3.82. The highest BCUT2D eigenvalue weighted by Crippen LogP contribution is 2.48. The lowest BCUT2D eigenvalue weighted by Gasteiger charge is -2.14. The fourth-order valence-corrected chi connectivity index (χ4v) is 4.20. The van der Waals surface area contributed by atoms with Crippen molar-refractivity contribution < 1.29 is 4.74 Å². The Morgan fingerprint density at radius 1 is 0.966 bits per heavy atom. The summed E-state index contributed by atoms with van der Waals surface area (Å²) in [4.78, 5) is 8.64. The van der Waals surface area contributed by atoms with Gasteiger partial charge in [0.25, 0.3) is 0 Å². The van der Waals surface area contributed by atoms with Gasteiger partial charge < -0.3 is 21.1 Å². The molecule has 1 aliphatic carbocycles. The molecule has 1 saturated heterocycles. The van der Waals surface area contributed by atoms with Crippen LogP contribution in [0.4, 0.5) is 11.6 Å². The maximum absolute atomic E-state index is 6.20. The molecule has 0 radical (unpaired) electrons. The van der Waals surface area contributed by atoms with Crippen molar-refractivity contribution in [2.75, 3.05) is 30.7 Å². The fourth-order valence-electron chi connectivity index (χ4n) is 4.20. The third-order valence-electron chi connectivity index (χ3n) is 5.77. The molecule has 2 aromatic carbocycles. The minimum absolute atomic E-state index is 0. The van der Waals surface area contributed by atoms with Crippen LogP contribution in [0.15, 0.2) is 60.9 Å². The highest BCUT2D eigenvalue weighted by Gasteiger charge is 2.52. The molecule has 0 bridgehead atoms. The summed E-state index contributed by atoms with van der Waals surface area (Å²) >= 11 is 0. The zero-order chi connectivity index (χ0) is 18.9. The van der Waals surface area contributed by atoms with Crippen molar-refractivity contribution in [2.24, 2.45) is 17.8 Å². The SMILES string of the molecule is Cl.Nc1ncnc(NC[C@H]2[C@@H]3CNC[C@@H]32)c1-c1ccc(Oc2ccccc2)cc1. The van der Waals surface area contributed by atoms with Crippen molar-refractivity contribution in [3.8, 4) is 22.6 Å². The summed E-state index contributed by atoms with van der Waals surface area (Å²) in [5, 5.41) is 6.94. The van der Waals surface area contributed by atoms with E-state index < -0.39 is 0 Å². The summed E-state index contributed by atoms with van der Waals surface area (Å²) in [6.07, 6.45) is 1.52. The van der Waals surface area contributed by atoms with Gasteiger partial charge in [0.05, 0.1) is 5.56 Å². The number of nitrogens with two attached hydrogens (primary N) is 1. The van der Waals surface area contributed by atoms with Crippen molar-refractivity contribution in [1.82, 2.24) is 15.3 Å². The topological polar surface area (TPSA) is 85.1 Å². The van der Waals surface area contributed by atoms with E-state index in [1.165, 1.54) is 6.33 Å². The van der Waals surface area contributed by atoms with E-state index in [0.717, 1.165) is 65.8 Å². The van der Waals surface area contributed by atoms with E-state index >= 15 is 0 Å². The Labute approximate surface area is 176 Å². The maximum Gasteiger partial charge on any atom is 0.139 e. The molecule has 0 amide bonds. The number of nitrogen functional groups attached to an aromatic ring is 1. The summed E-state index contributed by atoms with van der Waals surface area (Å²) in [6.45, 7) is 3.20. The van der Waals surface area contributed by atoms with Gasteiger partial charge in [0.2, 0.25) is 0 Å². The van der Waals surface area contributed by atoms with E-state index in [1.807, 2.05) is 54.6 Å². The van der Waals surface area contributed by atoms with Crippen molar-refractivity contribution in [3.05, 3.63) is 60.9 Å². The zero-order valence-corrected chi connectivity index (χ0v) is 16.7. The van der Waals surface area contributed by atoms with E-state index in [-0.39, 0.29) is 12.4 Å². The first-order chi connectivity index (χ1) is 13.8. The minimum atomic E-state index is 0. The first-order valence-corrected chi connectivity index (χ1v) is 9.68. The van der Waals surface area contributed by atoms with Crippen molar-refractivity contribution >= 4 is 24.0 Å². The van der Waals surface area contributed by atoms with Crippen LogP contribution >= 0.6 is 12.4 Å². The molecule has 6 nitrogen and oxygen atoms in total. The van der Waals surface area contributed by atoms with E-state index in [9.17, 15) is 0 Å². The molecule has 1 aromatic heterocycles. The van der Waals surface area contributed by atoms with E-state index in [0.29, 0.717) is 5.82 Å². The van der Waals surface area contributed by atoms with Gasteiger partial charge in [-0.1, -0.05) is 30.3 Å². The molecule has 1 saturated carbocycles. The number of benzene rings is 2. The standard InChI is InChI=1S/C22H23N5O.ClH/c23-21-20(14-6-8-16(9-7-14)28-15-4-2-1-3-5-15)22(27-13-26-21)25-12-19-17-10-24-11-18(17)19;/h1-9,13,17-19,24H,10-12H2,(H3,23,25,26,27);1H/t17-,18+,19+;. The molecule has 7 heteroatoms. The second-order valence-corrected chi connectivity index (χ2v) is 7.45. The van der Waals surface area contributed by atoms with Gasteiger partial charge in [-0.05, 0) is 60.7 Å². The molecule has 29 heavy (non-hydrogen) atoms. The number of hydrogen-bond acceptors (Lipinski definition) is 6. The zero-order valence-electron chi connectivity index (χ0n) is 15.9. The highest BCUT2D eigenvalue weighted by atomic mass is 35.5. The molecule has 5 rings (SSSR count). The summed E-state index contributed by atoms with van der Waals surface area (Å²) in [5.41, 5.74) is 8.01. The molecule has 0 spiro atoms. The summed E-state index contributed by atoms with van der Waals surface area (Å²) < 4.78 is 5.88. The van der Waals surface area contributed by atoms with Gasteiger partial charge >= 0.3 is 0 Å². The first kappa shape index (κ1) is 19.5. The molecule has 2 aliphatic rings. The molecule has 3 atom stereocenters. The van der Waals surface area contributed by atoms with Crippen LogP contribution in [0.5, 0.6) is 11.5 Å². The Morgan fingerprint density at radius 2 is 1.66 bits per heavy atom. The Hall–Kier alpha value is -2.83. The quantitative estimate of drug-likeness (QED) is 0.574. The number of aromatic nitrogens is 2. The van der Waals surface area contributed by atoms with Gasteiger partial charge in [-0.3, -0.25) is 0 Å². The summed E-state index contributed by atoms with van der Waals surface area (Å²) in [6, 6.07) is 17.6. The van der Waals surface area contributed by atoms with Crippen molar-refractivity contribution in [3.63, 3.8) is 0 Å². The Balaban J connectivity index is 0.00000205. The number of ether oxygens (including phenoxy) is 1. The monoisotopic (exact) mass is 409 g/mol. The predicted molar refractivity (Wildman–Crippen MR) is 117 cm³/mol. The Kier molecular flexibility index (Phi) is 5.56. The third kappa shape index (κ3) is 3.99. The van der Waals surface area contributed by atoms with Crippen LogP contribution < -0.4 is 21.1 Å². The smallest absolute Gasteiger partial charge is 0.139 e. The number of fused-ring (bicyclic) bond motifs is 1. The number of rotatable bonds is 6. The van der Waals surface area contributed by atoms with E-state index in [2.05, 4.69) is 20.6 Å². The number of hydrogen-bond donors (Lipinski definition) is 3. The molecular weight excluding hydrogens is 386 g/mol. The average molecular weight is 410 g/mol. The first-order valence-electron chi connectivity index (χ1n) is 9.68. The lowest BCUT2D eigenvalue weighted by atomic mass is 10.1. The molecule has 0 unspecified atom stereocenters. The lowest BCUT2D eigenvalue weighted by Crippen LogP contribution is -2.19. The Morgan fingerprint density at radius 3 is 2.38 bits per heavy atom. The fraction of sp³-hybridized carbons (Fsp3) is 0.273. The van der Waals surface area contributed by atoms with Gasteiger partial charge in [-0.2, -0.15) is 0 Å². The molecule has 150 valence electrons. The van der Waals surface area contributed by atoms with Crippen LogP contribution in [0.2, 0.25) is 0 Å². The summed E-state index contributed by atoms with van der Waals surface area (Å²) in [7, 11) is 0. The van der Waals surface area contributed by atoms with Crippen LogP contribution in [0, 0.1) is 17.8 Å². The second-order valence-electron chi connectivity index (χ2n) is 7.45. The van der Waals surface area contributed by atoms with Gasteiger partial charge in [-0.25, -0.2) is 9.97 Å². The number of nitrogens with one attached hydrogen (secondary N) is 2. The van der Waals surface area contributed by atoms with E-state index in [1.54, 1.807) is 0 Å². The number of nitrogens with zero attached hydrogens (tertiary/aromatic N) is 2. The number of piperidine rings is 1. The normalized spacial score (nSPS) is 21.7. The maximum atomic E-state index is 6.20. The van der Waals surface area contributed by atoms with Crippen LogP contribution in [-0.2, 0) is 0 Å².